The van der Waals surface area contributed by atoms with Gasteiger partial charge >= 0.3 is 0 Å². The van der Waals surface area contributed by atoms with Crippen LogP contribution in [0.1, 0.15) is 46.0 Å². The zero-order valence-corrected chi connectivity index (χ0v) is 19.5. The van der Waals surface area contributed by atoms with Crippen molar-refractivity contribution in [3.8, 4) is 0 Å². The normalized spacial score (nSPS) is 33.3. The Balaban J connectivity index is 1.84. The lowest BCUT2D eigenvalue weighted by Crippen LogP contribution is -2.65. The minimum absolute atomic E-state index is 0.00426. The summed E-state index contributed by atoms with van der Waals surface area (Å²) in [7, 11) is -2.16. The van der Waals surface area contributed by atoms with Crippen LogP contribution in [0.5, 0.6) is 0 Å². The van der Waals surface area contributed by atoms with E-state index in [0.717, 1.165) is 12.0 Å². The number of rotatable bonds is 6. The highest BCUT2D eigenvalue weighted by atomic mass is 28.4. The molecule has 1 N–H and O–H groups in total. The molecule has 0 radical (unpaired) electrons. The smallest absolute Gasteiger partial charge is 0.192 e. The summed E-state index contributed by atoms with van der Waals surface area (Å²) in [5.41, 5.74) is 0.941. The minimum Gasteiger partial charge on any atom is -0.408 e. The van der Waals surface area contributed by atoms with E-state index in [1.165, 1.54) is 0 Å². The first kappa shape index (κ1) is 22.9. The molecule has 2 aliphatic heterocycles. The summed E-state index contributed by atoms with van der Waals surface area (Å²) in [6.45, 7) is 13.8. The second kappa shape index (κ2) is 9.14. The molecule has 6 atom stereocenters. The van der Waals surface area contributed by atoms with Gasteiger partial charge in [0.15, 0.2) is 20.9 Å². The second-order valence-corrected chi connectivity index (χ2v) is 14.2. The van der Waals surface area contributed by atoms with Gasteiger partial charge in [0.1, 0.15) is 24.4 Å². The molecule has 1 aromatic carbocycles. The third kappa shape index (κ3) is 5.10. The third-order valence-electron chi connectivity index (χ3n) is 6.10. The van der Waals surface area contributed by atoms with E-state index in [4.69, 9.17) is 23.4 Å². The Bertz CT molecular complexity index is 646. The number of fused-ring (bicyclic) bond motifs is 1. The van der Waals surface area contributed by atoms with Gasteiger partial charge in [-0.15, -0.1) is 0 Å². The van der Waals surface area contributed by atoms with Gasteiger partial charge in [0.2, 0.25) is 0 Å². The molecule has 164 valence electrons. The molecule has 0 spiro atoms. The minimum atomic E-state index is -2.16. The molecule has 0 amide bonds. The van der Waals surface area contributed by atoms with Crippen LogP contribution in [-0.4, -0.2) is 57.3 Å². The molecule has 29 heavy (non-hydrogen) atoms. The number of aliphatic hydroxyl groups excluding tert-OH is 1. The molecule has 2 aliphatic rings. The monoisotopic (exact) mass is 424 g/mol. The SMILES string of the molecule is CCCO[C@H]1O[C@@H]2COC(c3ccccc3)O[C@H]2[C@H](O[Si](C)(C)C(C)(C)C)[C@H]1O. The van der Waals surface area contributed by atoms with Crippen LogP contribution >= 0.6 is 0 Å². The van der Waals surface area contributed by atoms with E-state index in [1.54, 1.807) is 0 Å². The number of aliphatic hydroxyl groups is 1. The summed E-state index contributed by atoms with van der Waals surface area (Å²) in [4.78, 5) is 0. The van der Waals surface area contributed by atoms with E-state index >= 15 is 0 Å². The Labute approximate surface area is 175 Å². The standard InChI is InChI=1S/C22H36O6Si/c1-7-13-24-21-17(23)19(28-29(5,6)22(2,3)4)18-16(26-21)14-25-20(27-18)15-11-9-8-10-12-15/h8-12,16-21,23H,7,13-14H2,1-6H3/t16-,17-,18-,19-,20?,21+/m1/s1. The second-order valence-electron chi connectivity index (χ2n) is 9.42. The van der Waals surface area contributed by atoms with E-state index in [2.05, 4.69) is 33.9 Å². The molecule has 2 fully saturated rings. The van der Waals surface area contributed by atoms with Crippen molar-refractivity contribution in [2.45, 2.75) is 89.2 Å². The van der Waals surface area contributed by atoms with Crippen LogP contribution < -0.4 is 0 Å². The number of ether oxygens (including phenoxy) is 4. The quantitative estimate of drug-likeness (QED) is 0.696. The molecule has 1 unspecified atom stereocenters. The molecular formula is C22H36O6Si. The van der Waals surface area contributed by atoms with Gasteiger partial charge < -0.3 is 28.5 Å². The molecule has 3 rings (SSSR count). The Morgan fingerprint density at radius 1 is 1.14 bits per heavy atom. The highest BCUT2D eigenvalue weighted by molar-refractivity contribution is 6.74. The maximum atomic E-state index is 11.1. The average Bonchev–Trinajstić information content (AvgIpc) is 2.68. The predicted octanol–water partition coefficient (Wildman–Crippen LogP) is 4.00. The number of hydrogen-bond acceptors (Lipinski definition) is 6. The molecule has 6 nitrogen and oxygen atoms in total. The fourth-order valence-electron chi connectivity index (χ4n) is 3.37. The largest absolute Gasteiger partial charge is 0.408 e. The maximum absolute atomic E-state index is 11.1. The van der Waals surface area contributed by atoms with Crippen LogP contribution in [0.15, 0.2) is 30.3 Å². The van der Waals surface area contributed by atoms with Crippen LogP contribution in [-0.2, 0) is 23.4 Å². The lowest BCUT2D eigenvalue weighted by Gasteiger charge is -2.51. The summed E-state index contributed by atoms with van der Waals surface area (Å²) in [5, 5.41) is 11.1. The zero-order chi connectivity index (χ0) is 21.2. The average molecular weight is 425 g/mol. The van der Waals surface area contributed by atoms with E-state index in [1.807, 2.05) is 37.3 Å². The number of benzene rings is 1. The highest BCUT2D eigenvalue weighted by Gasteiger charge is 2.53. The molecule has 2 heterocycles. The lowest BCUT2D eigenvalue weighted by atomic mass is 9.98. The van der Waals surface area contributed by atoms with E-state index < -0.39 is 39.2 Å². The van der Waals surface area contributed by atoms with Crippen LogP contribution in [0.25, 0.3) is 0 Å². The van der Waals surface area contributed by atoms with Crippen molar-refractivity contribution in [1.29, 1.82) is 0 Å². The summed E-state index contributed by atoms with van der Waals surface area (Å²) in [5.74, 6) is 0. The topological polar surface area (TPSA) is 66.4 Å². The van der Waals surface area contributed by atoms with Gasteiger partial charge in [-0.1, -0.05) is 58.0 Å². The van der Waals surface area contributed by atoms with Gasteiger partial charge in [0.25, 0.3) is 0 Å². The van der Waals surface area contributed by atoms with Gasteiger partial charge in [0.05, 0.1) is 6.61 Å². The first-order valence-electron chi connectivity index (χ1n) is 10.6. The lowest BCUT2D eigenvalue weighted by molar-refractivity contribution is -0.359. The van der Waals surface area contributed by atoms with E-state index in [0.29, 0.717) is 13.2 Å². The first-order valence-corrected chi connectivity index (χ1v) is 13.5. The van der Waals surface area contributed by atoms with Gasteiger partial charge in [-0.25, -0.2) is 0 Å². The Kier molecular flexibility index (Phi) is 7.21. The summed E-state index contributed by atoms with van der Waals surface area (Å²) >= 11 is 0. The molecular weight excluding hydrogens is 388 g/mol. The third-order valence-corrected chi connectivity index (χ3v) is 10.6. The van der Waals surface area contributed by atoms with Gasteiger partial charge in [0, 0.05) is 12.2 Å². The molecule has 2 saturated heterocycles. The fraction of sp³-hybridized carbons (Fsp3) is 0.727. The first-order chi connectivity index (χ1) is 13.6. The Hall–Kier alpha value is -0.803. The molecule has 0 aliphatic carbocycles. The van der Waals surface area contributed by atoms with Crippen molar-refractivity contribution >= 4 is 8.32 Å². The van der Waals surface area contributed by atoms with Crippen LogP contribution in [0.4, 0.5) is 0 Å². The molecule has 0 bridgehead atoms. The van der Waals surface area contributed by atoms with Crippen LogP contribution in [0.3, 0.4) is 0 Å². The summed E-state index contributed by atoms with van der Waals surface area (Å²) < 4.78 is 30.7. The van der Waals surface area contributed by atoms with Crippen molar-refractivity contribution in [2.24, 2.45) is 0 Å². The van der Waals surface area contributed by atoms with Crippen molar-refractivity contribution in [1.82, 2.24) is 0 Å². The van der Waals surface area contributed by atoms with Gasteiger partial charge in [-0.3, -0.25) is 0 Å². The zero-order valence-electron chi connectivity index (χ0n) is 18.5. The van der Waals surface area contributed by atoms with Crippen molar-refractivity contribution < 1.29 is 28.5 Å². The van der Waals surface area contributed by atoms with Crippen molar-refractivity contribution in [3.63, 3.8) is 0 Å². The highest BCUT2D eigenvalue weighted by Crippen LogP contribution is 2.42. The van der Waals surface area contributed by atoms with E-state index in [9.17, 15) is 5.11 Å². The van der Waals surface area contributed by atoms with Gasteiger partial charge in [-0.05, 0) is 24.6 Å². The fourth-order valence-corrected chi connectivity index (χ4v) is 4.67. The number of hydrogen-bond donors (Lipinski definition) is 1. The summed E-state index contributed by atoms with van der Waals surface area (Å²) in [6, 6.07) is 9.82. The van der Waals surface area contributed by atoms with Crippen LogP contribution in [0, 0.1) is 0 Å². The predicted molar refractivity (Wildman–Crippen MR) is 113 cm³/mol. The molecule has 0 aromatic heterocycles. The molecule has 1 aromatic rings. The molecule has 0 saturated carbocycles. The Morgan fingerprint density at radius 3 is 2.45 bits per heavy atom. The van der Waals surface area contributed by atoms with Crippen molar-refractivity contribution in [3.05, 3.63) is 35.9 Å². The molecule has 7 heteroatoms. The van der Waals surface area contributed by atoms with Crippen LogP contribution in [0.2, 0.25) is 18.1 Å². The summed E-state index contributed by atoms with van der Waals surface area (Å²) in [6.07, 6.45) is -2.65. The Morgan fingerprint density at radius 2 is 1.83 bits per heavy atom. The van der Waals surface area contributed by atoms with Gasteiger partial charge in [-0.2, -0.15) is 0 Å². The maximum Gasteiger partial charge on any atom is 0.192 e. The van der Waals surface area contributed by atoms with Crippen molar-refractivity contribution in [2.75, 3.05) is 13.2 Å². The van der Waals surface area contributed by atoms with E-state index in [-0.39, 0.29) is 11.1 Å².